The van der Waals surface area contributed by atoms with Gasteiger partial charge in [-0.15, -0.1) is 0 Å². The van der Waals surface area contributed by atoms with E-state index in [0.29, 0.717) is 6.54 Å². The summed E-state index contributed by atoms with van der Waals surface area (Å²) in [5, 5.41) is 2.91. The van der Waals surface area contributed by atoms with Crippen LogP contribution in [-0.2, 0) is 6.18 Å². The van der Waals surface area contributed by atoms with E-state index in [1.807, 2.05) is 13.8 Å². The van der Waals surface area contributed by atoms with Gasteiger partial charge in [0.2, 0.25) is 0 Å². The van der Waals surface area contributed by atoms with E-state index in [-0.39, 0.29) is 17.8 Å². The highest BCUT2D eigenvalue weighted by Gasteiger charge is 2.30. The molecule has 0 aliphatic heterocycles. The second kappa shape index (κ2) is 5.35. The summed E-state index contributed by atoms with van der Waals surface area (Å²) in [6, 6.07) is 1.91. The predicted molar refractivity (Wildman–Crippen MR) is 60.5 cm³/mol. The summed E-state index contributed by atoms with van der Waals surface area (Å²) >= 11 is 0. The van der Waals surface area contributed by atoms with Gasteiger partial charge >= 0.3 is 6.18 Å². The number of aromatic nitrogens is 1. The molecule has 17 heavy (non-hydrogen) atoms. The van der Waals surface area contributed by atoms with E-state index in [1.165, 1.54) is 0 Å². The maximum Gasteiger partial charge on any atom is 0.416 e. The lowest BCUT2D eigenvalue weighted by atomic mass is 10.0. The van der Waals surface area contributed by atoms with E-state index >= 15 is 0 Å². The summed E-state index contributed by atoms with van der Waals surface area (Å²) in [4.78, 5) is 3.86. The molecule has 0 fully saturated rings. The van der Waals surface area contributed by atoms with Crippen molar-refractivity contribution in [2.24, 2.45) is 11.7 Å². The molecular formula is C11H16F3N3. The Morgan fingerprint density at radius 1 is 1.41 bits per heavy atom. The fraction of sp³-hybridized carbons (Fsp3) is 0.545. The Kier molecular flexibility index (Phi) is 4.34. The van der Waals surface area contributed by atoms with Gasteiger partial charge in [0.1, 0.15) is 5.82 Å². The summed E-state index contributed by atoms with van der Waals surface area (Å²) < 4.78 is 37.4. The minimum atomic E-state index is -4.35. The number of alkyl halides is 3. The number of anilines is 1. The quantitative estimate of drug-likeness (QED) is 0.859. The van der Waals surface area contributed by atoms with Crippen LogP contribution in [0.15, 0.2) is 18.3 Å². The average Bonchev–Trinajstić information content (AvgIpc) is 2.27. The van der Waals surface area contributed by atoms with Crippen molar-refractivity contribution in [3.63, 3.8) is 0 Å². The van der Waals surface area contributed by atoms with Gasteiger partial charge in [0, 0.05) is 12.2 Å². The fourth-order valence-electron chi connectivity index (χ4n) is 1.27. The summed E-state index contributed by atoms with van der Waals surface area (Å²) in [5.41, 5.74) is 4.78. The number of hydrogen-bond acceptors (Lipinski definition) is 3. The third-order valence-electron chi connectivity index (χ3n) is 2.69. The second-order valence-corrected chi connectivity index (χ2v) is 4.07. The first-order chi connectivity index (χ1) is 7.84. The van der Waals surface area contributed by atoms with Crippen molar-refractivity contribution in [1.82, 2.24) is 4.98 Å². The van der Waals surface area contributed by atoms with Crippen LogP contribution in [0, 0.1) is 5.92 Å². The molecule has 0 aliphatic rings. The van der Waals surface area contributed by atoms with Crippen molar-refractivity contribution in [3.05, 3.63) is 23.9 Å². The zero-order chi connectivity index (χ0) is 13.1. The van der Waals surface area contributed by atoms with Crippen LogP contribution in [0.3, 0.4) is 0 Å². The number of pyridine rings is 1. The van der Waals surface area contributed by atoms with E-state index in [2.05, 4.69) is 10.3 Å². The molecule has 0 aliphatic carbocycles. The zero-order valence-electron chi connectivity index (χ0n) is 9.75. The molecule has 0 saturated heterocycles. The Morgan fingerprint density at radius 2 is 2.06 bits per heavy atom. The molecule has 2 atom stereocenters. The van der Waals surface area contributed by atoms with Crippen molar-refractivity contribution >= 4 is 5.82 Å². The molecule has 96 valence electrons. The summed E-state index contributed by atoms with van der Waals surface area (Å²) in [7, 11) is 0. The van der Waals surface area contributed by atoms with Crippen LogP contribution in [0.2, 0.25) is 0 Å². The SMILES string of the molecule is CC(CN)C(C)Nc1cc(C(F)(F)F)ccn1. The highest BCUT2D eigenvalue weighted by Crippen LogP contribution is 2.30. The van der Waals surface area contributed by atoms with Crippen molar-refractivity contribution < 1.29 is 13.2 Å². The van der Waals surface area contributed by atoms with Gasteiger partial charge in [0.15, 0.2) is 0 Å². The number of nitrogens with two attached hydrogens (primary N) is 1. The third-order valence-corrected chi connectivity index (χ3v) is 2.69. The van der Waals surface area contributed by atoms with Gasteiger partial charge in [-0.05, 0) is 31.5 Å². The maximum absolute atomic E-state index is 12.5. The summed E-state index contributed by atoms with van der Waals surface area (Å²) in [6.07, 6.45) is -3.20. The van der Waals surface area contributed by atoms with E-state index < -0.39 is 11.7 Å². The van der Waals surface area contributed by atoms with Gasteiger partial charge in [0.05, 0.1) is 5.56 Å². The standard InChI is InChI=1S/C11H16F3N3/c1-7(6-15)8(2)17-10-5-9(3-4-16-10)11(12,13)14/h3-5,7-8H,6,15H2,1-2H3,(H,16,17). The minimum absolute atomic E-state index is 0.0315. The van der Waals surface area contributed by atoms with Crippen LogP contribution < -0.4 is 11.1 Å². The predicted octanol–water partition coefficient (Wildman–Crippen LogP) is 2.50. The third kappa shape index (κ3) is 3.89. The van der Waals surface area contributed by atoms with E-state index in [1.54, 1.807) is 0 Å². The van der Waals surface area contributed by atoms with Crippen molar-refractivity contribution in [3.8, 4) is 0 Å². The number of nitrogens with zero attached hydrogens (tertiary/aromatic N) is 1. The van der Waals surface area contributed by atoms with Gasteiger partial charge in [-0.2, -0.15) is 13.2 Å². The summed E-state index contributed by atoms with van der Waals surface area (Å²) in [6.45, 7) is 4.25. The smallest absolute Gasteiger partial charge is 0.367 e. The molecule has 6 heteroatoms. The van der Waals surface area contributed by atoms with Gasteiger partial charge in [-0.25, -0.2) is 4.98 Å². The molecule has 3 nitrogen and oxygen atoms in total. The molecule has 0 aromatic carbocycles. The van der Waals surface area contributed by atoms with Crippen molar-refractivity contribution in [2.45, 2.75) is 26.1 Å². The maximum atomic E-state index is 12.5. The normalized spacial score (nSPS) is 15.4. The molecule has 0 radical (unpaired) electrons. The molecule has 0 saturated carbocycles. The first kappa shape index (κ1) is 13.8. The van der Waals surface area contributed by atoms with E-state index in [9.17, 15) is 13.2 Å². The lowest BCUT2D eigenvalue weighted by Gasteiger charge is -2.20. The number of halogens is 3. The molecule has 2 unspecified atom stereocenters. The van der Waals surface area contributed by atoms with Crippen LogP contribution >= 0.6 is 0 Å². The molecule has 3 N–H and O–H groups in total. The van der Waals surface area contributed by atoms with Crippen LogP contribution in [0.5, 0.6) is 0 Å². The monoisotopic (exact) mass is 247 g/mol. The Bertz CT molecular complexity index is 365. The number of nitrogens with one attached hydrogen (secondary N) is 1. The van der Waals surface area contributed by atoms with Crippen LogP contribution in [0.4, 0.5) is 19.0 Å². The highest BCUT2D eigenvalue weighted by molar-refractivity contribution is 5.39. The Labute approximate surface area is 98.2 Å². The zero-order valence-corrected chi connectivity index (χ0v) is 9.75. The molecule has 1 rings (SSSR count). The number of hydrogen-bond donors (Lipinski definition) is 2. The fourth-order valence-corrected chi connectivity index (χ4v) is 1.27. The van der Waals surface area contributed by atoms with Gasteiger partial charge in [-0.3, -0.25) is 0 Å². The Balaban J connectivity index is 2.79. The Morgan fingerprint density at radius 3 is 2.59 bits per heavy atom. The van der Waals surface area contributed by atoms with E-state index in [0.717, 1.165) is 18.3 Å². The largest absolute Gasteiger partial charge is 0.416 e. The molecular weight excluding hydrogens is 231 g/mol. The highest BCUT2D eigenvalue weighted by atomic mass is 19.4. The van der Waals surface area contributed by atoms with Crippen molar-refractivity contribution in [2.75, 3.05) is 11.9 Å². The second-order valence-electron chi connectivity index (χ2n) is 4.07. The summed E-state index contributed by atoms with van der Waals surface area (Å²) in [5.74, 6) is 0.374. The molecule has 1 aromatic heterocycles. The van der Waals surface area contributed by atoms with Crippen molar-refractivity contribution in [1.29, 1.82) is 0 Å². The lowest BCUT2D eigenvalue weighted by molar-refractivity contribution is -0.137. The molecule has 0 amide bonds. The molecule has 1 aromatic rings. The first-order valence-corrected chi connectivity index (χ1v) is 5.34. The first-order valence-electron chi connectivity index (χ1n) is 5.34. The van der Waals surface area contributed by atoms with Crippen LogP contribution in [-0.4, -0.2) is 17.6 Å². The van der Waals surface area contributed by atoms with Gasteiger partial charge < -0.3 is 11.1 Å². The number of rotatable bonds is 4. The molecule has 1 heterocycles. The molecule has 0 bridgehead atoms. The van der Waals surface area contributed by atoms with Crippen LogP contribution in [0.1, 0.15) is 19.4 Å². The average molecular weight is 247 g/mol. The van der Waals surface area contributed by atoms with Crippen LogP contribution in [0.25, 0.3) is 0 Å². The van der Waals surface area contributed by atoms with Gasteiger partial charge in [-0.1, -0.05) is 6.92 Å². The minimum Gasteiger partial charge on any atom is -0.367 e. The molecule has 0 spiro atoms. The van der Waals surface area contributed by atoms with Gasteiger partial charge in [0.25, 0.3) is 0 Å². The Hall–Kier alpha value is -1.30. The topological polar surface area (TPSA) is 50.9 Å². The lowest BCUT2D eigenvalue weighted by Crippen LogP contribution is -2.29. The van der Waals surface area contributed by atoms with E-state index in [4.69, 9.17) is 5.73 Å².